The molecule has 2 rings (SSSR count). The maximum absolute atomic E-state index is 12.0. The SMILES string of the molecule is Cc1ccc(S(=O)(=O)/N=C2/OC[C@H](C=C=CBr)O2)cc1. The Balaban J connectivity index is 2.18. The van der Waals surface area contributed by atoms with Crippen LogP contribution in [0.15, 0.2) is 50.4 Å². The molecule has 0 unspecified atom stereocenters. The van der Waals surface area contributed by atoms with Gasteiger partial charge in [0, 0.05) is 11.1 Å². The molecule has 1 saturated heterocycles. The van der Waals surface area contributed by atoms with Crippen molar-refractivity contribution in [3.63, 3.8) is 0 Å². The summed E-state index contributed by atoms with van der Waals surface area (Å²) in [6, 6.07) is 6.40. The smallest absolute Gasteiger partial charge is 0.400 e. The molecule has 5 nitrogen and oxygen atoms in total. The van der Waals surface area contributed by atoms with Crippen LogP contribution in [0.1, 0.15) is 5.56 Å². The zero-order chi connectivity index (χ0) is 14.6. The van der Waals surface area contributed by atoms with Gasteiger partial charge in [0.15, 0.2) is 6.10 Å². The second-order valence-electron chi connectivity index (χ2n) is 4.06. The van der Waals surface area contributed by atoms with Crippen molar-refractivity contribution in [2.45, 2.75) is 17.9 Å². The molecular weight excluding hydrogens is 346 g/mol. The maximum atomic E-state index is 12.0. The summed E-state index contributed by atoms with van der Waals surface area (Å²) in [5.74, 6) is 0. The van der Waals surface area contributed by atoms with Gasteiger partial charge in [0.2, 0.25) is 0 Å². The Kier molecular flexibility index (Phi) is 4.65. The lowest BCUT2D eigenvalue weighted by Crippen LogP contribution is -2.07. The van der Waals surface area contributed by atoms with E-state index >= 15 is 0 Å². The van der Waals surface area contributed by atoms with Crippen LogP contribution in [0, 0.1) is 6.92 Å². The Morgan fingerprint density at radius 3 is 2.75 bits per heavy atom. The van der Waals surface area contributed by atoms with E-state index in [1.807, 2.05) is 6.92 Å². The normalized spacial score (nSPS) is 19.9. The van der Waals surface area contributed by atoms with Gasteiger partial charge >= 0.3 is 6.08 Å². The zero-order valence-corrected chi connectivity index (χ0v) is 13.0. The van der Waals surface area contributed by atoms with Gasteiger partial charge in [0.25, 0.3) is 10.0 Å². The minimum Gasteiger partial charge on any atom is -0.446 e. The van der Waals surface area contributed by atoms with Crippen LogP contribution in [0.5, 0.6) is 0 Å². The molecule has 1 atom stereocenters. The molecule has 20 heavy (non-hydrogen) atoms. The van der Waals surface area contributed by atoms with Crippen LogP contribution in [-0.2, 0) is 19.5 Å². The van der Waals surface area contributed by atoms with Crippen LogP contribution >= 0.6 is 15.9 Å². The van der Waals surface area contributed by atoms with Gasteiger partial charge in [-0.05, 0) is 19.1 Å². The number of nitrogens with zero attached hydrogens (tertiary/aromatic N) is 1. The Bertz CT molecular complexity index is 673. The summed E-state index contributed by atoms with van der Waals surface area (Å²) in [4.78, 5) is 1.64. The highest BCUT2D eigenvalue weighted by Gasteiger charge is 2.24. The van der Waals surface area contributed by atoms with E-state index in [4.69, 9.17) is 9.47 Å². The van der Waals surface area contributed by atoms with Gasteiger partial charge in [-0.2, -0.15) is 8.42 Å². The zero-order valence-electron chi connectivity index (χ0n) is 10.6. The van der Waals surface area contributed by atoms with Gasteiger partial charge < -0.3 is 9.47 Å². The fourth-order valence-electron chi connectivity index (χ4n) is 1.49. The van der Waals surface area contributed by atoms with Crippen molar-refractivity contribution in [1.29, 1.82) is 0 Å². The molecule has 1 heterocycles. The highest BCUT2D eigenvalue weighted by atomic mass is 79.9. The average Bonchev–Trinajstić information content (AvgIpc) is 2.83. The second kappa shape index (κ2) is 6.26. The van der Waals surface area contributed by atoms with Crippen molar-refractivity contribution in [3.05, 3.63) is 46.6 Å². The highest BCUT2D eigenvalue weighted by molar-refractivity contribution is 9.11. The molecule has 1 aromatic carbocycles. The second-order valence-corrected chi connectivity index (χ2v) is 6.12. The number of benzene rings is 1. The molecule has 0 saturated carbocycles. The molecule has 106 valence electrons. The van der Waals surface area contributed by atoms with Crippen molar-refractivity contribution in [2.24, 2.45) is 4.40 Å². The molecule has 0 spiro atoms. The summed E-state index contributed by atoms with van der Waals surface area (Å²) >= 11 is 3.07. The summed E-state index contributed by atoms with van der Waals surface area (Å²) in [6.45, 7) is 2.08. The number of ether oxygens (including phenoxy) is 2. The van der Waals surface area contributed by atoms with Crippen molar-refractivity contribution in [3.8, 4) is 0 Å². The van der Waals surface area contributed by atoms with Gasteiger partial charge in [-0.1, -0.05) is 38.0 Å². The molecule has 1 aromatic rings. The lowest BCUT2D eigenvalue weighted by molar-refractivity contribution is 0.280. The lowest BCUT2D eigenvalue weighted by atomic mass is 10.2. The maximum Gasteiger partial charge on any atom is 0.400 e. The van der Waals surface area contributed by atoms with E-state index in [2.05, 4.69) is 26.1 Å². The third-order valence-electron chi connectivity index (χ3n) is 2.48. The Hall–Kier alpha value is -1.56. The number of hydrogen-bond donors (Lipinski definition) is 0. The van der Waals surface area contributed by atoms with Gasteiger partial charge in [0.05, 0.1) is 4.90 Å². The van der Waals surface area contributed by atoms with E-state index in [9.17, 15) is 8.42 Å². The van der Waals surface area contributed by atoms with Gasteiger partial charge in [-0.25, -0.2) is 0 Å². The minimum atomic E-state index is -3.82. The summed E-state index contributed by atoms with van der Waals surface area (Å²) in [6.07, 6.45) is 0.967. The Labute approximate surface area is 125 Å². The van der Waals surface area contributed by atoms with Crippen LogP contribution in [0.3, 0.4) is 0 Å². The molecule has 1 aliphatic heterocycles. The van der Waals surface area contributed by atoms with Crippen LogP contribution in [0.2, 0.25) is 0 Å². The van der Waals surface area contributed by atoms with Crippen molar-refractivity contribution < 1.29 is 17.9 Å². The number of aryl methyl sites for hydroxylation is 1. The summed E-state index contributed by atoms with van der Waals surface area (Å²) in [7, 11) is -3.82. The first-order chi connectivity index (χ1) is 9.51. The van der Waals surface area contributed by atoms with Crippen LogP contribution in [0.25, 0.3) is 0 Å². The summed E-state index contributed by atoms with van der Waals surface area (Å²) < 4.78 is 37.9. The molecule has 0 bridgehead atoms. The van der Waals surface area contributed by atoms with Crippen LogP contribution < -0.4 is 0 Å². The first-order valence-corrected chi connectivity index (χ1v) is 8.09. The van der Waals surface area contributed by atoms with E-state index < -0.39 is 16.1 Å². The summed E-state index contributed by atoms with van der Waals surface area (Å²) in [5.41, 5.74) is 3.74. The first kappa shape index (κ1) is 14.8. The number of hydrogen-bond acceptors (Lipinski definition) is 4. The van der Waals surface area contributed by atoms with Crippen LogP contribution in [-0.4, -0.2) is 27.2 Å². The van der Waals surface area contributed by atoms with Crippen molar-refractivity contribution >= 4 is 32.0 Å². The van der Waals surface area contributed by atoms with Gasteiger partial charge in [-0.15, -0.1) is 5.73 Å². The molecule has 1 fully saturated rings. The van der Waals surface area contributed by atoms with E-state index in [-0.39, 0.29) is 17.6 Å². The topological polar surface area (TPSA) is 65.0 Å². The van der Waals surface area contributed by atoms with Gasteiger partial charge in [-0.3, -0.25) is 0 Å². The first-order valence-electron chi connectivity index (χ1n) is 5.73. The number of rotatable bonds is 3. The molecule has 0 aromatic heterocycles. The predicted molar refractivity (Wildman–Crippen MR) is 78.2 cm³/mol. The van der Waals surface area contributed by atoms with E-state index in [0.717, 1.165) is 5.56 Å². The number of halogens is 1. The van der Waals surface area contributed by atoms with E-state index in [0.29, 0.717) is 0 Å². The minimum absolute atomic E-state index is 0.0992. The molecule has 0 N–H and O–H groups in total. The fourth-order valence-corrected chi connectivity index (χ4v) is 2.52. The van der Waals surface area contributed by atoms with Crippen molar-refractivity contribution in [2.75, 3.05) is 6.61 Å². The van der Waals surface area contributed by atoms with Crippen LogP contribution in [0.4, 0.5) is 0 Å². The van der Waals surface area contributed by atoms with E-state index in [1.165, 1.54) is 17.1 Å². The molecule has 7 heteroatoms. The Morgan fingerprint density at radius 2 is 2.10 bits per heavy atom. The van der Waals surface area contributed by atoms with E-state index in [1.54, 1.807) is 18.2 Å². The Morgan fingerprint density at radius 1 is 1.40 bits per heavy atom. The monoisotopic (exact) mass is 357 g/mol. The third kappa shape index (κ3) is 3.72. The predicted octanol–water partition coefficient (Wildman–Crippen LogP) is 2.52. The quantitative estimate of drug-likeness (QED) is 0.779. The molecule has 1 aliphatic rings. The largest absolute Gasteiger partial charge is 0.446 e. The standard InChI is InChI=1S/C13H12BrNO4S/c1-10-4-6-12(7-5-10)20(16,17)15-13-18-9-11(19-13)3-2-8-14/h3-8,11H,9H2,1H3/b15-13-/t2?,11-/m0/s1. The molecule has 0 radical (unpaired) electrons. The third-order valence-corrected chi connectivity index (χ3v) is 4.00. The molecular formula is C13H12BrNO4S. The highest BCUT2D eigenvalue weighted by Crippen LogP contribution is 2.16. The average molecular weight is 358 g/mol. The number of sulfonamides is 1. The lowest BCUT2D eigenvalue weighted by Gasteiger charge is -2.01. The molecule has 0 aliphatic carbocycles. The fraction of sp³-hybridized carbons (Fsp3) is 0.231. The van der Waals surface area contributed by atoms with Gasteiger partial charge in [0.1, 0.15) is 6.61 Å². The summed E-state index contributed by atoms with van der Waals surface area (Å²) in [5, 5.41) is 0. The molecule has 0 amide bonds. The van der Waals surface area contributed by atoms with Crippen molar-refractivity contribution in [1.82, 2.24) is 0 Å².